The van der Waals surface area contributed by atoms with Crippen molar-refractivity contribution in [3.8, 4) is 0 Å². The number of hydrogen-bond donors (Lipinski definition) is 1. The van der Waals surface area contributed by atoms with E-state index in [-0.39, 0.29) is 11.9 Å². The number of hydrogen-bond acceptors (Lipinski definition) is 3. The number of nitrogens with zero attached hydrogens (tertiary/aromatic N) is 1. The minimum Gasteiger partial charge on any atom is -0.338 e. The lowest BCUT2D eigenvalue weighted by Crippen LogP contribution is -2.33. The third-order valence-corrected chi connectivity index (χ3v) is 5.63. The molecule has 21 heavy (non-hydrogen) atoms. The number of piperidine rings is 1. The van der Waals surface area contributed by atoms with E-state index in [0.29, 0.717) is 16.0 Å². The van der Waals surface area contributed by atoms with Gasteiger partial charge in [0.25, 0.3) is 0 Å². The summed E-state index contributed by atoms with van der Waals surface area (Å²) in [4.78, 5) is 14.2. The van der Waals surface area contributed by atoms with Crippen LogP contribution in [-0.2, 0) is 4.79 Å². The standard InChI is InChI=1S/C16H23ClN2OS/c1-12(13-4-3-5-14(17)10-13)19(2)16(20)11-21-15-6-8-18-9-7-15/h3-5,10,12,15,18H,6-9,11H2,1-2H3. The normalized spacial score (nSPS) is 17.5. The van der Waals surface area contributed by atoms with E-state index in [4.69, 9.17) is 11.6 Å². The average molecular weight is 327 g/mol. The highest BCUT2D eigenvalue weighted by Crippen LogP contribution is 2.24. The molecule has 1 N–H and O–H groups in total. The Balaban J connectivity index is 1.86. The smallest absolute Gasteiger partial charge is 0.232 e. The van der Waals surface area contributed by atoms with Crippen molar-refractivity contribution in [1.29, 1.82) is 0 Å². The maximum absolute atomic E-state index is 12.3. The van der Waals surface area contributed by atoms with Crippen LogP contribution >= 0.6 is 23.4 Å². The van der Waals surface area contributed by atoms with Gasteiger partial charge in [0.2, 0.25) is 5.91 Å². The molecule has 1 aliphatic rings. The number of amides is 1. The van der Waals surface area contributed by atoms with Crippen molar-refractivity contribution in [2.24, 2.45) is 0 Å². The molecule has 0 aromatic heterocycles. The van der Waals surface area contributed by atoms with Crippen LogP contribution in [0.2, 0.25) is 5.02 Å². The van der Waals surface area contributed by atoms with E-state index in [1.807, 2.05) is 43.1 Å². The topological polar surface area (TPSA) is 32.3 Å². The second kappa shape index (κ2) is 8.06. The first-order valence-electron chi connectivity index (χ1n) is 7.41. The molecule has 2 rings (SSSR count). The lowest BCUT2D eigenvalue weighted by Gasteiger charge is -2.27. The van der Waals surface area contributed by atoms with Gasteiger partial charge in [-0.2, -0.15) is 0 Å². The largest absolute Gasteiger partial charge is 0.338 e. The summed E-state index contributed by atoms with van der Waals surface area (Å²) < 4.78 is 0. The fourth-order valence-electron chi connectivity index (χ4n) is 2.46. The van der Waals surface area contributed by atoms with E-state index in [2.05, 4.69) is 5.32 Å². The Morgan fingerprint density at radius 1 is 1.48 bits per heavy atom. The summed E-state index contributed by atoms with van der Waals surface area (Å²) in [5, 5.41) is 4.68. The van der Waals surface area contributed by atoms with Crippen LogP contribution < -0.4 is 5.32 Å². The molecule has 0 bridgehead atoms. The van der Waals surface area contributed by atoms with E-state index in [1.54, 1.807) is 11.8 Å². The van der Waals surface area contributed by atoms with Crippen molar-refractivity contribution in [3.63, 3.8) is 0 Å². The molecule has 1 heterocycles. The zero-order chi connectivity index (χ0) is 15.2. The summed E-state index contributed by atoms with van der Waals surface area (Å²) in [7, 11) is 1.87. The Morgan fingerprint density at radius 3 is 2.86 bits per heavy atom. The van der Waals surface area contributed by atoms with Gasteiger partial charge in [-0.25, -0.2) is 0 Å². The van der Waals surface area contributed by atoms with Crippen LogP contribution in [0, 0.1) is 0 Å². The molecule has 1 fully saturated rings. The van der Waals surface area contributed by atoms with Gasteiger partial charge in [0.1, 0.15) is 0 Å². The zero-order valence-corrected chi connectivity index (χ0v) is 14.2. The average Bonchev–Trinajstić information content (AvgIpc) is 2.52. The van der Waals surface area contributed by atoms with E-state index < -0.39 is 0 Å². The van der Waals surface area contributed by atoms with Crippen molar-refractivity contribution < 1.29 is 4.79 Å². The summed E-state index contributed by atoms with van der Waals surface area (Å²) in [5.41, 5.74) is 1.07. The second-order valence-corrected chi connectivity index (χ2v) is 7.22. The lowest BCUT2D eigenvalue weighted by atomic mass is 10.1. The van der Waals surface area contributed by atoms with Crippen LogP contribution in [0.3, 0.4) is 0 Å². The quantitative estimate of drug-likeness (QED) is 0.900. The second-order valence-electron chi connectivity index (χ2n) is 5.50. The molecule has 1 unspecified atom stereocenters. The fourth-order valence-corrected chi connectivity index (χ4v) is 3.81. The highest BCUT2D eigenvalue weighted by atomic mass is 35.5. The highest BCUT2D eigenvalue weighted by Gasteiger charge is 2.20. The van der Waals surface area contributed by atoms with Gasteiger partial charge in [-0.1, -0.05) is 23.7 Å². The van der Waals surface area contributed by atoms with Crippen molar-refractivity contribution in [3.05, 3.63) is 34.9 Å². The van der Waals surface area contributed by atoms with Gasteiger partial charge < -0.3 is 10.2 Å². The van der Waals surface area contributed by atoms with Gasteiger partial charge >= 0.3 is 0 Å². The molecule has 1 atom stereocenters. The number of carbonyl (C=O) groups excluding carboxylic acids is 1. The third kappa shape index (κ3) is 4.90. The SMILES string of the molecule is CC(c1cccc(Cl)c1)N(C)C(=O)CSC1CCNCC1. The van der Waals surface area contributed by atoms with Crippen LogP contribution in [0.25, 0.3) is 0 Å². The molecule has 1 aromatic carbocycles. The predicted octanol–water partition coefficient (Wildman–Crippen LogP) is 3.34. The fraction of sp³-hybridized carbons (Fsp3) is 0.562. The summed E-state index contributed by atoms with van der Waals surface area (Å²) in [6, 6.07) is 7.77. The lowest BCUT2D eigenvalue weighted by molar-refractivity contribution is -0.128. The van der Waals surface area contributed by atoms with Gasteiger partial charge in [0.05, 0.1) is 11.8 Å². The number of benzene rings is 1. The molecule has 1 amide bonds. The first-order valence-corrected chi connectivity index (χ1v) is 8.84. The van der Waals surface area contributed by atoms with Crippen molar-refractivity contribution >= 4 is 29.3 Å². The molecule has 0 saturated carbocycles. The molecule has 5 heteroatoms. The summed E-state index contributed by atoms with van der Waals surface area (Å²) in [6.45, 7) is 4.18. The van der Waals surface area contributed by atoms with E-state index >= 15 is 0 Å². The Kier molecular flexibility index (Phi) is 6.40. The summed E-state index contributed by atoms with van der Waals surface area (Å²) in [5.74, 6) is 0.748. The molecule has 0 radical (unpaired) electrons. The Hall–Kier alpha value is -0.710. The van der Waals surface area contributed by atoms with Crippen LogP contribution in [0.4, 0.5) is 0 Å². The predicted molar refractivity (Wildman–Crippen MR) is 91.0 cm³/mol. The third-order valence-electron chi connectivity index (χ3n) is 4.03. The minimum absolute atomic E-state index is 0.0461. The molecule has 1 aromatic rings. The van der Waals surface area contributed by atoms with Gasteiger partial charge in [-0.05, 0) is 50.6 Å². The van der Waals surface area contributed by atoms with Gasteiger partial charge in [-0.3, -0.25) is 4.79 Å². The molecule has 1 saturated heterocycles. The van der Waals surface area contributed by atoms with Gasteiger partial charge in [0.15, 0.2) is 0 Å². The highest BCUT2D eigenvalue weighted by molar-refractivity contribution is 8.00. The number of halogens is 1. The molecular formula is C16H23ClN2OS. The van der Waals surface area contributed by atoms with E-state index in [0.717, 1.165) is 31.5 Å². The van der Waals surface area contributed by atoms with Crippen molar-refractivity contribution in [1.82, 2.24) is 10.2 Å². The molecule has 116 valence electrons. The first-order chi connectivity index (χ1) is 10.1. The Morgan fingerprint density at radius 2 is 2.19 bits per heavy atom. The molecule has 0 spiro atoms. The van der Waals surface area contributed by atoms with E-state index in [9.17, 15) is 4.79 Å². The van der Waals surface area contributed by atoms with Crippen LogP contribution in [0.1, 0.15) is 31.4 Å². The Labute approximate surface area is 136 Å². The van der Waals surface area contributed by atoms with Crippen molar-refractivity contribution in [2.75, 3.05) is 25.9 Å². The molecular weight excluding hydrogens is 304 g/mol. The monoisotopic (exact) mass is 326 g/mol. The number of rotatable bonds is 5. The van der Waals surface area contributed by atoms with Crippen LogP contribution in [-0.4, -0.2) is 41.9 Å². The number of carbonyl (C=O) groups is 1. The Bertz CT molecular complexity index is 477. The van der Waals surface area contributed by atoms with Crippen molar-refractivity contribution in [2.45, 2.75) is 31.1 Å². The number of thioether (sulfide) groups is 1. The van der Waals surface area contributed by atoms with Gasteiger partial charge in [0, 0.05) is 17.3 Å². The van der Waals surface area contributed by atoms with Crippen LogP contribution in [0.15, 0.2) is 24.3 Å². The first kappa shape index (κ1) is 16.7. The van der Waals surface area contributed by atoms with Crippen LogP contribution in [0.5, 0.6) is 0 Å². The minimum atomic E-state index is 0.0461. The maximum Gasteiger partial charge on any atom is 0.232 e. The van der Waals surface area contributed by atoms with Gasteiger partial charge in [-0.15, -0.1) is 11.8 Å². The molecule has 1 aliphatic heterocycles. The summed E-state index contributed by atoms with van der Waals surface area (Å²) in [6.07, 6.45) is 2.32. The van der Waals surface area contributed by atoms with E-state index in [1.165, 1.54) is 0 Å². The zero-order valence-electron chi connectivity index (χ0n) is 12.6. The molecule has 3 nitrogen and oxygen atoms in total. The molecule has 0 aliphatic carbocycles. The maximum atomic E-state index is 12.3. The number of nitrogens with one attached hydrogen (secondary N) is 1. The summed E-state index contributed by atoms with van der Waals surface area (Å²) >= 11 is 7.81.